The number of hydrogen-bond donors (Lipinski definition) is 1. The first-order valence-corrected chi connectivity index (χ1v) is 8.18. The largest absolute Gasteiger partial charge is 0.495 e. The van der Waals surface area contributed by atoms with Crippen molar-refractivity contribution in [2.45, 2.75) is 6.54 Å². The first-order chi connectivity index (χ1) is 12.9. The number of non-ortho nitro benzene ring substituents is 1. The zero-order valence-corrected chi connectivity index (χ0v) is 14.9. The van der Waals surface area contributed by atoms with Crippen LogP contribution in [0.4, 0.5) is 11.4 Å². The van der Waals surface area contributed by atoms with Gasteiger partial charge in [-0.2, -0.15) is 0 Å². The first-order valence-electron chi connectivity index (χ1n) is 7.80. The van der Waals surface area contributed by atoms with E-state index in [1.165, 1.54) is 48.1 Å². The topological polar surface area (TPSA) is 103 Å². The van der Waals surface area contributed by atoms with Gasteiger partial charge in [0, 0.05) is 28.6 Å². The minimum atomic E-state index is -0.521. The van der Waals surface area contributed by atoms with Crippen LogP contribution in [-0.2, 0) is 11.3 Å². The number of nitrogens with zero attached hydrogens (tertiary/aromatic N) is 2. The number of anilines is 1. The summed E-state index contributed by atoms with van der Waals surface area (Å²) in [7, 11) is 1.46. The standard InChI is InChI=1S/C18H14ClN3O5/c1-27-16-6-3-12(19)9-14(16)20-17(23)10-21-15-5-4-13(22(25)26)8-11(15)2-7-18(21)24/h2-9H,10H2,1H3,(H,20,23). The van der Waals surface area contributed by atoms with Gasteiger partial charge in [-0.25, -0.2) is 0 Å². The normalized spacial score (nSPS) is 10.6. The van der Waals surface area contributed by atoms with Crippen molar-refractivity contribution in [1.82, 2.24) is 4.57 Å². The number of nitro groups is 1. The molecule has 8 nitrogen and oxygen atoms in total. The van der Waals surface area contributed by atoms with Gasteiger partial charge in [0.05, 0.1) is 23.2 Å². The predicted octanol–water partition coefficient (Wildman–Crippen LogP) is 3.21. The van der Waals surface area contributed by atoms with Crippen LogP contribution in [0, 0.1) is 10.1 Å². The number of rotatable bonds is 5. The lowest BCUT2D eigenvalue weighted by Gasteiger charge is -2.13. The molecule has 1 aromatic heterocycles. The van der Waals surface area contributed by atoms with Crippen LogP contribution in [0.3, 0.4) is 0 Å². The quantitative estimate of drug-likeness (QED) is 0.534. The molecule has 0 bridgehead atoms. The van der Waals surface area contributed by atoms with Gasteiger partial charge in [-0.05, 0) is 30.3 Å². The van der Waals surface area contributed by atoms with E-state index < -0.39 is 16.4 Å². The van der Waals surface area contributed by atoms with Gasteiger partial charge in [-0.3, -0.25) is 24.3 Å². The SMILES string of the molecule is COc1ccc(Cl)cc1NC(=O)Cn1c(=O)ccc2cc([N+](=O)[O-])ccc21. The molecule has 1 heterocycles. The number of fused-ring (bicyclic) bond motifs is 1. The molecule has 0 saturated heterocycles. The minimum absolute atomic E-state index is 0.0965. The molecule has 0 saturated carbocycles. The predicted molar refractivity (Wildman–Crippen MR) is 101 cm³/mol. The molecule has 3 rings (SSSR count). The minimum Gasteiger partial charge on any atom is -0.495 e. The Kier molecular flexibility index (Phi) is 5.09. The molecule has 2 aromatic carbocycles. The van der Waals surface area contributed by atoms with E-state index in [1.807, 2.05) is 0 Å². The summed E-state index contributed by atoms with van der Waals surface area (Å²) in [5.41, 5.74) is 0.297. The molecular formula is C18H14ClN3O5. The maximum Gasteiger partial charge on any atom is 0.270 e. The van der Waals surface area contributed by atoms with Crippen molar-refractivity contribution < 1.29 is 14.5 Å². The van der Waals surface area contributed by atoms with Gasteiger partial charge in [0.1, 0.15) is 12.3 Å². The van der Waals surface area contributed by atoms with Gasteiger partial charge in [0.2, 0.25) is 5.91 Å². The summed E-state index contributed by atoms with van der Waals surface area (Å²) in [5, 5.41) is 14.5. The summed E-state index contributed by atoms with van der Waals surface area (Å²) < 4.78 is 6.42. The van der Waals surface area contributed by atoms with Crippen molar-refractivity contribution in [1.29, 1.82) is 0 Å². The third-order valence-corrected chi connectivity index (χ3v) is 4.16. The van der Waals surface area contributed by atoms with Crippen molar-refractivity contribution >= 4 is 39.8 Å². The summed E-state index contributed by atoms with van der Waals surface area (Å²) in [6, 6.07) is 11.6. The zero-order valence-electron chi connectivity index (χ0n) is 14.1. The van der Waals surface area contributed by atoms with Gasteiger partial charge in [-0.1, -0.05) is 11.6 Å². The van der Waals surface area contributed by atoms with Crippen molar-refractivity contribution in [3.63, 3.8) is 0 Å². The van der Waals surface area contributed by atoms with E-state index >= 15 is 0 Å². The summed E-state index contributed by atoms with van der Waals surface area (Å²) in [4.78, 5) is 35.1. The number of nitrogens with one attached hydrogen (secondary N) is 1. The van der Waals surface area contributed by atoms with Gasteiger partial charge in [0.25, 0.3) is 11.2 Å². The molecule has 0 atom stereocenters. The fourth-order valence-corrected chi connectivity index (χ4v) is 2.85. The lowest BCUT2D eigenvalue weighted by molar-refractivity contribution is -0.384. The zero-order chi connectivity index (χ0) is 19.6. The molecular weight excluding hydrogens is 374 g/mol. The molecule has 0 aliphatic heterocycles. The van der Waals surface area contributed by atoms with E-state index in [0.29, 0.717) is 27.4 Å². The Balaban J connectivity index is 1.93. The second-order valence-corrected chi connectivity index (χ2v) is 6.09. The Hall–Kier alpha value is -3.39. The van der Waals surface area contributed by atoms with Crippen LogP contribution in [-0.4, -0.2) is 22.5 Å². The fraction of sp³-hybridized carbons (Fsp3) is 0.111. The average molecular weight is 388 g/mol. The number of hydrogen-bond acceptors (Lipinski definition) is 5. The van der Waals surface area contributed by atoms with E-state index in [-0.39, 0.29) is 12.2 Å². The molecule has 3 aromatic rings. The summed E-state index contributed by atoms with van der Waals surface area (Å²) in [6.07, 6.45) is 0. The second kappa shape index (κ2) is 7.46. The van der Waals surface area contributed by atoms with Crippen LogP contribution < -0.4 is 15.6 Å². The Morgan fingerprint density at radius 3 is 2.70 bits per heavy atom. The molecule has 0 aliphatic carbocycles. The Morgan fingerprint density at radius 1 is 1.22 bits per heavy atom. The number of amides is 1. The van der Waals surface area contributed by atoms with Gasteiger partial charge in [-0.15, -0.1) is 0 Å². The summed E-state index contributed by atoms with van der Waals surface area (Å²) in [5.74, 6) is -0.0443. The lowest BCUT2D eigenvalue weighted by atomic mass is 10.2. The number of carbonyl (C=O) groups is 1. The molecule has 0 radical (unpaired) electrons. The molecule has 9 heteroatoms. The van der Waals surface area contributed by atoms with Crippen LogP contribution in [0.2, 0.25) is 5.02 Å². The highest BCUT2D eigenvalue weighted by Crippen LogP contribution is 2.27. The molecule has 1 amide bonds. The van der Waals surface area contributed by atoms with Crippen molar-refractivity contribution in [3.8, 4) is 5.75 Å². The molecule has 0 fully saturated rings. The van der Waals surface area contributed by atoms with Crippen molar-refractivity contribution in [2.75, 3.05) is 12.4 Å². The van der Waals surface area contributed by atoms with Crippen molar-refractivity contribution in [2.24, 2.45) is 0 Å². The number of carbonyl (C=O) groups excluding carboxylic acids is 1. The molecule has 0 unspecified atom stereocenters. The highest BCUT2D eigenvalue weighted by molar-refractivity contribution is 6.31. The summed E-state index contributed by atoms with van der Waals surface area (Å²) in [6.45, 7) is -0.274. The van der Waals surface area contributed by atoms with Gasteiger partial charge in [0.15, 0.2) is 0 Å². The van der Waals surface area contributed by atoms with Crippen LogP contribution in [0.25, 0.3) is 10.9 Å². The van der Waals surface area contributed by atoms with Crippen LogP contribution in [0.15, 0.2) is 53.3 Å². The highest BCUT2D eigenvalue weighted by Gasteiger charge is 2.13. The second-order valence-electron chi connectivity index (χ2n) is 5.65. The van der Waals surface area contributed by atoms with Gasteiger partial charge < -0.3 is 10.1 Å². The number of methoxy groups -OCH3 is 1. The number of benzene rings is 2. The van der Waals surface area contributed by atoms with E-state index in [9.17, 15) is 19.7 Å². The summed E-state index contributed by atoms with van der Waals surface area (Å²) >= 11 is 5.94. The highest BCUT2D eigenvalue weighted by atomic mass is 35.5. The third kappa shape index (κ3) is 3.90. The first kappa shape index (κ1) is 18.4. The number of aromatic nitrogens is 1. The van der Waals surface area contributed by atoms with Gasteiger partial charge >= 0.3 is 0 Å². The molecule has 0 spiro atoms. The third-order valence-electron chi connectivity index (χ3n) is 3.92. The fourth-order valence-electron chi connectivity index (χ4n) is 2.68. The maximum absolute atomic E-state index is 12.5. The number of nitro benzene ring substituents is 1. The Bertz CT molecular complexity index is 1110. The monoisotopic (exact) mass is 387 g/mol. The van der Waals surface area contributed by atoms with E-state index in [4.69, 9.17) is 16.3 Å². The van der Waals surface area contributed by atoms with Crippen LogP contribution >= 0.6 is 11.6 Å². The lowest BCUT2D eigenvalue weighted by Crippen LogP contribution is -2.27. The van der Waals surface area contributed by atoms with Crippen LogP contribution in [0.5, 0.6) is 5.75 Å². The molecule has 27 heavy (non-hydrogen) atoms. The Labute approximate surface area is 158 Å². The Morgan fingerprint density at radius 2 is 2.00 bits per heavy atom. The van der Waals surface area contributed by atoms with Crippen LogP contribution in [0.1, 0.15) is 0 Å². The number of halogens is 1. The van der Waals surface area contributed by atoms with E-state index in [0.717, 1.165) is 0 Å². The number of ether oxygens (including phenoxy) is 1. The van der Waals surface area contributed by atoms with E-state index in [1.54, 1.807) is 12.1 Å². The maximum atomic E-state index is 12.5. The number of pyridine rings is 1. The average Bonchev–Trinajstić information content (AvgIpc) is 2.63. The van der Waals surface area contributed by atoms with E-state index in [2.05, 4.69) is 5.32 Å². The van der Waals surface area contributed by atoms with Crippen molar-refractivity contribution in [3.05, 3.63) is 74.0 Å². The molecule has 138 valence electrons. The molecule has 1 N–H and O–H groups in total. The molecule has 0 aliphatic rings. The smallest absolute Gasteiger partial charge is 0.270 e.